The number of carbonyl (C=O) groups is 2. The fourth-order valence-corrected chi connectivity index (χ4v) is 6.11. The van der Waals surface area contributed by atoms with Crippen LogP contribution in [0.15, 0.2) is 72.8 Å². The van der Waals surface area contributed by atoms with Crippen LogP contribution in [-0.4, -0.2) is 55.3 Å². The highest BCUT2D eigenvalue weighted by Crippen LogP contribution is 2.41. The molecule has 2 atom stereocenters. The Balaban J connectivity index is 1.38. The molecule has 1 amide bonds. The minimum absolute atomic E-state index is 0.0622. The molecule has 0 radical (unpaired) electrons. The number of aromatic nitrogens is 1. The number of ether oxygens (including phenoxy) is 3. The van der Waals surface area contributed by atoms with Crippen LogP contribution >= 0.6 is 0 Å². The predicted molar refractivity (Wildman–Crippen MR) is 170 cm³/mol. The summed E-state index contributed by atoms with van der Waals surface area (Å²) in [5, 5.41) is 0. The largest absolute Gasteiger partial charge is 0.496 e. The summed E-state index contributed by atoms with van der Waals surface area (Å²) >= 11 is 0. The molecule has 2 saturated heterocycles. The van der Waals surface area contributed by atoms with Crippen molar-refractivity contribution in [3.63, 3.8) is 0 Å². The number of alkyl halides is 3. The van der Waals surface area contributed by atoms with Gasteiger partial charge in [0.2, 0.25) is 0 Å². The second-order valence-electron chi connectivity index (χ2n) is 11.7. The van der Waals surface area contributed by atoms with Crippen LogP contribution in [0, 0.1) is 6.92 Å². The molecule has 2 aliphatic heterocycles. The normalized spacial score (nSPS) is 17.7. The fourth-order valence-electron chi connectivity index (χ4n) is 6.11. The molecule has 11 heteroatoms. The molecular weight excluding hydrogens is 611 g/mol. The van der Waals surface area contributed by atoms with Crippen molar-refractivity contribution in [3.05, 3.63) is 101 Å². The first-order chi connectivity index (χ1) is 22.5. The standard InChI is InChI=1S/C36H34F3N3O5/c1-21-17-25(34(43)46-4)9-11-27(21)23-10-13-31(45-3)29(19-23)28-12-14-32(41-15-6-16-41)40-30(28)20-42-22(2)33(47-35(42)44)24-7-5-8-26(18-24)36(37,38)39/h5,7-14,17-19,22,33H,6,15-16,20H2,1-4H3/t22-,33-/m0/s1. The van der Waals surface area contributed by atoms with Crippen molar-refractivity contribution in [2.75, 3.05) is 32.2 Å². The van der Waals surface area contributed by atoms with Gasteiger partial charge in [-0.05, 0) is 91.1 Å². The van der Waals surface area contributed by atoms with Crippen LogP contribution in [0.3, 0.4) is 0 Å². The third-order valence-electron chi connectivity index (χ3n) is 8.84. The Morgan fingerprint density at radius 3 is 2.40 bits per heavy atom. The number of anilines is 1. The van der Waals surface area contributed by atoms with Crippen molar-refractivity contribution in [1.82, 2.24) is 9.88 Å². The van der Waals surface area contributed by atoms with Crippen LogP contribution in [0.2, 0.25) is 0 Å². The first-order valence-corrected chi connectivity index (χ1v) is 15.3. The summed E-state index contributed by atoms with van der Waals surface area (Å²) in [6.45, 7) is 5.47. The zero-order valence-electron chi connectivity index (χ0n) is 26.4. The van der Waals surface area contributed by atoms with E-state index in [0.717, 1.165) is 65.3 Å². The Morgan fingerprint density at radius 2 is 1.74 bits per heavy atom. The van der Waals surface area contributed by atoms with E-state index < -0.39 is 35.9 Å². The van der Waals surface area contributed by atoms with Gasteiger partial charge in [0.25, 0.3) is 0 Å². The maximum absolute atomic E-state index is 13.5. The van der Waals surface area contributed by atoms with Gasteiger partial charge >= 0.3 is 18.2 Å². The molecule has 2 fully saturated rings. The molecular formula is C36H34F3N3O5. The first-order valence-electron chi connectivity index (χ1n) is 15.3. The molecule has 6 rings (SSSR count). The summed E-state index contributed by atoms with van der Waals surface area (Å²) in [6.07, 6.45) is -4.99. The number of hydrogen-bond acceptors (Lipinski definition) is 7. The zero-order chi connectivity index (χ0) is 33.5. The number of methoxy groups -OCH3 is 2. The Hall–Kier alpha value is -5.06. The van der Waals surface area contributed by atoms with E-state index >= 15 is 0 Å². The summed E-state index contributed by atoms with van der Waals surface area (Å²) in [6, 6.07) is 19.4. The molecule has 3 heterocycles. The summed E-state index contributed by atoms with van der Waals surface area (Å²) in [4.78, 5) is 34.0. The van der Waals surface area contributed by atoms with Gasteiger partial charge in [0.05, 0.1) is 43.6 Å². The van der Waals surface area contributed by atoms with E-state index in [1.54, 1.807) is 26.2 Å². The Morgan fingerprint density at radius 1 is 0.979 bits per heavy atom. The number of amides is 1. The monoisotopic (exact) mass is 645 g/mol. The quantitative estimate of drug-likeness (QED) is 0.181. The summed E-state index contributed by atoms with van der Waals surface area (Å²) in [5.74, 6) is 0.947. The molecule has 0 unspecified atom stereocenters. The van der Waals surface area contributed by atoms with Crippen molar-refractivity contribution in [2.24, 2.45) is 0 Å². The lowest BCUT2D eigenvalue weighted by atomic mass is 9.93. The van der Waals surface area contributed by atoms with E-state index in [9.17, 15) is 22.8 Å². The van der Waals surface area contributed by atoms with Gasteiger partial charge in [0.15, 0.2) is 0 Å². The number of aryl methyl sites for hydroxylation is 1. The van der Waals surface area contributed by atoms with Crippen LogP contribution in [0.4, 0.5) is 23.8 Å². The topological polar surface area (TPSA) is 81.2 Å². The maximum Gasteiger partial charge on any atom is 0.416 e. The van der Waals surface area contributed by atoms with E-state index in [1.165, 1.54) is 24.1 Å². The van der Waals surface area contributed by atoms with Gasteiger partial charge in [-0.15, -0.1) is 0 Å². The number of carbonyl (C=O) groups excluding carboxylic acids is 2. The maximum atomic E-state index is 13.5. The first kappa shape index (κ1) is 31.9. The highest BCUT2D eigenvalue weighted by atomic mass is 19.4. The molecule has 47 heavy (non-hydrogen) atoms. The number of cyclic esters (lactones) is 1. The van der Waals surface area contributed by atoms with Gasteiger partial charge in [0, 0.05) is 24.2 Å². The number of hydrogen-bond donors (Lipinski definition) is 0. The third-order valence-corrected chi connectivity index (χ3v) is 8.84. The summed E-state index contributed by atoms with van der Waals surface area (Å²) < 4.78 is 56.7. The van der Waals surface area contributed by atoms with Crippen molar-refractivity contribution in [1.29, 1.82) is 0 Å². The molecule has 4 aromatic rings. The molecule has 0 saturated carbocycles. The van der Waals surface area contributed by atoms with Crippen LogP contribution in [0.1, 0.15) is 52.2 Å². The highest BCUT2D eigenvalue weighted by molar-refractivity contribution is 5.91. The highest BCUT2D eigenvalue weighted by Gasteiger charge is 2.41. The van der Waals surface area contributed by atoms with Crippen molar-refractivity contribution in [2.45, 2.75) is 45.1 Å². The van der Waals surface area contributed by atoms with Gasteiger partial charge in [-0.2, -0.15) is 13.2 Å². The molecule has 8 nitrogen and oxygen atoms in total. The van der Waals surface area contributed by atoms with E-state index in [-0.39, 0.29) is 12.1 Å². The number of nitrogens with zero attached hydrogens (tertiary/aromatic N) is 3. The lowest BCUT2D eigenvalue weighted by Gasteiger charge is -2.33. The number of halogens is 3. The van der Waals surface area contributed by atoms with E-state index in [0.29, 0.717) is 17.0 Å². The van der Waals surface area contributed by atoms with E-state index in [4.69, 9.17) is 19.2 Å². The lowest BCUT2D eigenvalue weighted by molar-refractivity contribution is -0.137. The van der Waals surface area contributed by atoms with Gasteiger partial charge in [-0.1, -0.05) is 24.3 Å². The number of esters is 1. The van der Waals surface area contributed by atoms with Gasteiger partial charge in [0.1, 0.15) is 17.7 Å². The van der Waals surface area contributed by atoms with Gasteiger partial charge in [-0.3, -0.25) is 4.90 Å². The minimum atomic E-state index is -4.52. The average Bonchev–Trinajstić information content (AvgIpc) is 3.31. The molecule has 1 aromatic heterocycles. The molecule has 0 N–H and O–H groups in total. The van der Waals surface area contributed by atoms with Crippen molar-refractivity contribution >= 4 is 17.9 Å². The predicted octanol–water partition coefficient (Wildman–Crippen LogP) is 7.83. The molecule has 0 aliphatic carbocycles. The minimum Gasteiger partial charge on any atom is -0.496 e. The Bertz CT molecular complexity index is 1840. The average molecular weight is 646 g/mol. The van der Waals surface area contributed by atoms with Crippen LogP contribution < -0.4 is 9.64 Å². The Kier molecular flexibility index (Phi) is 8.57. The molecule has 0 spiro atoms. The van der Waals surface area contributed by atoms with Crippen LogP contribution in [0.25, 0.3) is 22.3 Å². The van der Waals surface area contributed by atoms with E-state index in [1.807, 2.05) is 43.3 Å². The second kappa shape index (κ2) is 12.6. The van der Waals surface area contributed by atoms with Crippen molar-refractivity contribution < 1.29 is 37.0 Å². The summed E-state index contributed by atoms with van der Waals surface area (Å²) in [5.41, 5.74) is 4.67. The second-order valence-corrected chi connectivity index (χ2v) is 11.7. The molecule has 3 aromatic carbocycles. The van der Waals surface area contributed by atoms with Crippen LogP contribution in [0.5, 0.6) is 5.75 Å². The third kappa shape index (κ3) is 6.22. The van der Waals surface area contributed by atoms with Crippen molar-refractivity contribution in [3.8, 4) is 28.0 Å². The molecule has 244 valence electrons. The Labute approximate surface area is 270 Å². The van der Waals surface area contributed by atoms with Gasteiger partial charge < -0.3 is 19.1 Å². The number of rotatable bonds is 8. The van der Waals surface area contributed by atoms with Crippen LogP contribution in [-0.2, 0) is 22.2 Å². The zero-order valence-corrected chi connectivity index (χ0v) is 26.4. The number of pyridine rings is 1. The van der Waals surface area contributed by atoms with E-state index in [2.05, 4.69) is 4.90 Å². The number of benzene rings is 3. The van der Waals surface area contributed by atoms with Gasteiger partial charge in [-0.25, -0.2) is 14.6 Å². The SMILES string of the molecule is COC(=O)c1ccc(-c2ccc(OC)c(-c3ccc(N4CCC4)nc3CN3C(=O)O[C@H](c4cccc(C(F)(F)F)c4)[C@@H]3C)c2)c(C)c1. The summed E-state index contributed by atoms with van der Waals surface area (Å²) in [7, 11) is 2.92. The lowest BCUT2D eigenvalue weighted by Crippen LogP contribution is -2.38. The fraction of sp³-hybridized carbons (Fsp3) is 0.306. The molecule has 0 bridgehead atoms. The smallest absolute Gasteiger partial charge is 0.416 e. The molecule has 2 aliphatic rings.